The van der Waals surface area contributed by atoms with Crippen LogP contribution in [0.4, 0.5) is 0 Å². The first-order valence-corrected chi connectivity index (χ1v) is 3.51. The minimum Gasteiger partial charge on any atom is -0.192 e. The van der Waals surface area contributed by atoms with Crippen LogP contribution < -0.4 is 0 Å². The zero-order chi connectivity index (χ0) is 6.41. The molecule has 0 aromatic heterocycles. The van der Waals surface area contributed by atoms with Crippen LogP contribution in [0.3, 0.4) is 0 Å². The number of hydrogen-bond acceptors (Lipinski definition) is 2. The van der Waals surface area contributed by atoms with Crippen LogP contribution >= 0.6 is 11.8 Å². The molecule has 1 nitrogen and oxygen atoms in total. The second-order valence-corrected chi connectivity index (χ2v) is 2.57. The molecule has 0 aromatic carbocycles. The van der Waals surface area contributed by atoms with Gasteiger partial charge in [0.25, 0.3) is 0 Å². The molecule has 0 N–H and O–H groups in total. The molecular formula is C6H9NS. The summed E-state index contributed by atoms with van der Waals surface area (Å²) in [5.74, 6) is 1.01. The fraction of sp³-hybridized carbons (Fsp3) is 0.500. The van der Waals surface area contributed by atoms with Gasteiger partial charge in [0.15, 0.2) is 0 Å². The SMILES string of the molecule is C=C(C#N)SCCC. The molecule has 44 valence electrons. The van der Waals surface area contributed by atoms with Crippen molar-refractivity contribution in [2.45, 2.75) is 13.3 Å². The van der Waals surface area contributed by atoms with Crippen molar-refractivity contribution in [3.8, 4) is 6.07 Å². The summed E-state index contributed by atoms with van der Waals surface area (Å²) in [6, 6.07) is 1.97. The van der Waals surface area contributed by atoms with E-state index in [-0.39, 0.29) is 0 Å². The molecule has 2 heteroatoms. The van der Waals surface area contributed by atoms with Gasteiger partial charge in [0.05, 0.1) is 4.91 Å². The zero-order valence-corrected chi connectivity index (χ0v) is 5.79. The Hall–Kier alpha value is -0.420. The zero-order valence-electron chi connectivity index (χ0n) is 4.98. The van der Waals surface area contributed by atoms with Crippen molar-refractivity contribution in [2.24, 2.45) is 0 Å². The molecule has 8 heavy (non-hydrogen) atoms. The molecule has 0 heterocycles. The Morgan fingerprint density at radius 1 is 1.88 bits per heavy atom. The lowest BCUT2D eigenvalue weighted by Gasteiger charge is -1.89. The van der Waals surface area contributed by atoms with Crippen molar-refractivity contribution in [3.63, 3.8) is 0 Å². The Morgan fingerprint density at radius 3 is 2.88 bits per heavy atom. The number of thioether (sulfide) groups is 1. The minimum atomic E-state index is 0.617. The lowest BCUT2D eigenvalue weighted by molar-refractivity contribution is 1.11. The van der Waals surface area contributed by atoms with Gasteiger partial charge in [-0.05, 0) is 12.2 Å². The van der Waals surface area contributed by atoms with Gasteiger partial charge in [-0.2, -0.15) is 5.26 Å². The molecule has 0 saturated carbocycles. The first kappa shape index (κ1) is 7.58. The van der Waals surface area contributed by atoms with E-state index < -0.39 is 0 Å². The summed E-state index contributed by atoms with van der Waals surface area (Å²) in [5, 5.41) is 8.19. The van der Waals surface area contributed by atoms with E-state index in [1.54, 1.807) is 0 Å². The van der Waals surface area contributed by atoms with Crippen molar-refractivity contribution in [1.29, 1.82) is 5.26 Å². The average molecular weight is 127 g/mol. The smallest absolute Gasteiger partial charge is 0.105 e. The van der Waals surface area contributed by atoms with Crippen LogP contribution in [0.2, 0.25) is 0 Å². The fourth-order valence-corrected chi connectivity index (χ4v) is 0.773. The van der Waals surface area contributed by atoms with Crippen LogP contribution in [-0.2, 0) is 0 Å². The largest absolute Gasteiger partial charge is 0.192 e. The number of allylic oxidation sites excluding steroid dienone is 1. The van der Waals surface area contributed by atoms with Crippen molar-refractivity contribution < 1.29 is 0 Å². The third-order valence-corrected chi connectivity index (χ3v) is 1.66. The number of hydrogen-bond donors (Lipinski definition) is 0. The number of rotatable bonds is 3. The molecule has 0 saturated heterocycles. The Bertz CT molecular complexity index is 112. The third-order valence-electron chi connectivity index (χ3n) is 0.605. The maximum Gasteiger partial charge on any atom is 0.105 e. The van der Waals surface area contributed by atoms with Gasteiger partial charge in [0.1, 0.15) is 6.07 Å². The van der Waals surface area contributed by atoms with E-state index in [4.69, 9.17) is 5.26 Å². The van der Waals surface area contributed by atoms with Crippen molar-refractivity contribution in [1.82, 2.24) is 0 Å². The lowest BCUT2D eigenvalue weighted by Crippen LogP contribution is -1.72. The topological polar surface area (TPSA) is 23.8 Å². The molecule has 0 unspecified atom stereocenters. The summed E-state index contributed by atoms with van der Waals surface area (Å²) in [4.78, 5) is 0.617. The Morgan fingerprint density at radius 2 is 2.50 bits per heavy atom. The molecular weight excluding hydrogens is 118 g/mol. The quantitative estimate of drug-likeness (QED) is 0.542. The summed E-state index contributed by atoms with van der Waals surface area (Å²) in [5.41, 5.74) is 0. The van der Waals surface area contributed by atoms with Crippen molar-refractivity contribution in [2.75, 3.05) is 5.75 Å². The first-order valence-electron chi connectivity index (χ1n) is 2.53. The molecule has 0 rings (SSSR count). The summed E-state index contributed by atoms with van der Waals surface area (Å²) in [6.07, 6.45) is 1.10. The van der Waals surface area contributed by atoms with E-state index in [2.05, 4.69) is 13.5 Å². The molecule has 0 radical (unpaired) electrons. The van der Waals surface area contributed by atoms with Crippen LogP contribution in [0.25, 0.3) is 0 Å². The van der Waals surface area contributed by atoms with Crippen LogP contribution in [0, 0.1) is 11.3 Å². The van der Waals surface area contributed by atoms with Crippen LogP contribution in [0.1, 0.15) is 13.3 Å². The monoisotopic (exact) mass is 127 g/mol. The van der Waals surface area contributed by atoms with Gasteiger partial charge in [-0.15, -0.1) is 11.8 Å². The molecule has 0 bridgehead atoms. The van der Waals surface area contributed by atoms with E-state index in [1.165, 1.54) is 11.8 Å². The predicted octanol–water partition coefficient (Wildman–Crippen LogP) is 2.17. The highest BCUT2D eigenvalue weighted by Gasteiger charge is 1.87. The van der Waals surface area contributed by atoms with E-state index in [0.29, 0.717) is 4.91 Å². The maximum atomic E-state index is 8.19. The van der Waals surface area contributed by atoms with Crippen LogP contribution in [0.15, 0.2) is 11.5 Å². The first-order chi connectivity index (χ1) is 3.81. The Kier molecular flexibility index (Phi) is 4.48. The molecule has 0 aliphatic rings. The molecule has 0 aliphatic carbocycles. The van der Waals surface area contributed by atoms with Gasteiger partial charge < -0.3 is 0 Å². The summed E-state index contributed by atoms with van der Waals surface area (Å²) >= 11 is 1.52. The average Bonchev–Trinajstić information content (AvgIpc) is 1.83. The highest BCUT2D eigenvalue weighted by Crippen LogP contribution is 2.11. The molecule has 0 fully saturated rings. The predicted molar refractivity (Wildman–Crippen MR) is 37.5 cm³/mol. The van der Waals surface area contributed by atoms with E-state index >= 15 is 0 Å². The Labute approximate surface area is 54.4 Å². The molecule has 0 atom stereocenters. The van der Waals surface area contributed by atoms with Gasteiger partial charge in [-0.3, -0.25) is 0 Å². The van der Waals surface area contributed by atoms with E-state index in [0.717, 1.165) is 12.2 Å². The summed E-state index contributed by atoms with van der Waals surface area (Å²) in [6.45, 7) is 5.59. The van der Waals surface area contributed by atoms with E-state index in [1.807, 2.05) is 6.07 Å². The van der Waals surface area contributed by atoms with Gasteiger partial charge in [-0.25, -0.2) is 0 Å². The Balaban J connectivity index is 3.16. The summed E-state index contributed by atoms with van der Waals surface area (Å²) < 4.78 is 0. The third kappa shape index (κ3) is 3.76. The minimum absolute atomic E-state index is 0.617. The van der Waals surface area contributed by atoms with Crippen molar-refractivity contribution >= 4 is 11.8 Å². The van der Waals surface area contributed by atoms with Gasteiger partial charge in [0, 0.05) is 0 Å². The lowest BCUT2D eigenvalue weighted by atomic mass is 10.6. The number of nitriles is 1. The molecule has 0 aliphatic heterocycles. The highest BCUT2D eigenvalue weighted by molar-refractivity contribution is 8.03. The van der Waals surface area contributed by atoms with Crippen LogP contribution in [0.5, 0.6) is 0 Å². The van der Waals surface area contributed by atoms with Gasteiger partial charge in [-0.1, -0.05) is 13.5 Å². The fourth-order valence-electron chi connectivity index (χ4n) is 0.258. The highest BCUT2D eigenvalue weighted by atomic mass is 32.2. The second kappa shape index (κ2) is 4.73. The van der Waals surface area contributed by atoms with Gasteiger partial charge >= 0.3 is 0 Å². The molecule has 0 aromatic rings. The van der Waals surface area contributed by atoms with E-state index in [9.17, 15) is 0 Å². The van der Waals surface area contributed by atoms with Gasteiger partial charge in [0.2, 0.25) is 0 Å². The normalized spacial score (nSPS) is 8.00. The van der Waals surface area contributed by atoms with Crippen LogP contribution in [-0.4, -0.2) is 5.75 Å². The molecule has 0 spiro atoms. The van der Waals surface area contributed by atoms with Crippen molar-refractivity contribution in [3.05, 3.63) is 11.5 Å². The summed E-state index contributed by atoms with van der Waals surface area (Å²) in [7, 11) is 0. The number of nitrogens with zero attached hydrogens (tertiary/aromatic N) is 1. The standard InChI is InChI=1S/C6H9NS/c1-3-4-8-6(2)5-7/h2-4H2,1H3. The maximum absolute atomic E-state index is 8.19. The second-order valence-electron chi connectivity index (χ2n) is 1.38. The molecule has 0 amide bonds.